The molecule has 0 radical (unpaired) electrons. The van der Waals surface area contributed by atoms with E-state index in [4.69, 9.17) is 0 Å². The third-order valence-electron chi connectivity index (χ3n) is 7.23. The topological polar surface area (TPSA) is 0 Å². The number of hydrogen-bond donors (Lipinski definition) is 0. The molecule has 0 N–H and O–H groups in total. The second-order valence-corrected chi connectivity index (χ2v) is 12.0. The highest BCUT2D eigenvalue weighted by Crippen LogP contribution is 2.55. The van der Waals surface area contributed by atoms with Gasteiger partial charge in [-0.25, -0.2) is 0 Å². The third kappa shape index (κ3) is 5.41. The van der Waals surface area contributed by atoms with Crippen molar-refractivity contribution < 1.29 is 0 Å². The van der Waals surface area contributed by atoms with Crippen molar-refractivity contribution in [2.75, 3.05) is 16.4 Å². The Hall–Kier alpha value is -0.510. The van der Waals surface area contributed by atoms with Gasteiger partial charge >= 0.3 is 0 Å². The Bertz CT molecular complexity index is 903. The standard InChI is InChI=1S/C29H36Br2S/c30-19-9-3-1-7-17-29(18-8-2-4-10-20-31)26-13-6-5-12-24(26)25-16-15-23(22-27(25)29)28-14-11-21-32-28/h5-6,12-16,22H,1-4,7-11,17-21H2. The molecule has 0 spiro atoms. The second-order valence-electron chi connectivity index (χ2n) is 9.30. The Morgan fingerprint density at radius 1 is 0.719 bits per heavy atom. The van der Waals surface area contributed by atoms with Crippen LogP contribution in [0.25, 0.3) is 16.0 Å². The van der Waals surface area contributed by atoms with Crippen LogP contribution in [0.2, 0.25) is 0 Å². The van der Waals surface area contributed by atoms with E-state index < -0.39 is 0 Å². The van der Waals surface area contributed by atoms with Gasteiger partial charge in [0.05, 0.1) is 0 Å². The fraction of sp³-hybridized carbons (Fsp3) is 0.517. The van der Waals surface area contributed by atoms with Crippen LogP contribution in [0.1, 0.15) is 87.3 Å². The minimum Gasteiger partial charge on any atom is -0.126 e. The van der Waals surface area contributed by atoms with Crippen LogP contribution in [0.5, 0.6) is 0 Å². The largest absolute Gasteiger partial charge is 0.126 e. The van der Waals surface area contributed by atoms with Crippen molar-refractivity contribution in [2.45, 2.75) is 76.0 Å². The summed E-state index contributed by atoms with van der Waals surface area (Å²) in [5.41, 5.74) is 7.83. The molecule has 1 heterocycles. The summed E-state index contributed by atoms with van der Waals surface area (Å²) >= 11 is 9.24. The van der Waals surface area contributed by atoms with E-state index in [0.29, 0.717) is 0 Å². The molecule has 0 unspecified atom stereocenters. The smallest absolute Gasteiger partial charge is 0.0215 e. The fourth-order valence-corrected chi connectivity index (χ4v) is 7.42. The van der Waals surface area contributed by atoms with Gasteiger partial charge in [0.25, 0.3) is 0 Å². The predicted molar refractivity (Wildman–Crippen MR) is 151 cm³/mol. The molecule has 0 saturated heterocycles. The minimum absolute atomic E-state index is 0.189. The highest BCUT2D eigenvalue weighted by molar-refractivity contribution is 9.09. The molecule has 0 amide bonds. The van der Waals surface area contributed by atoms with Crippen LogP contribution in [0.3, 0.4) is 0 Å². The lowest BCUT2D eigenvalue weighted by atomic mass is 9.70. The van der Waals surface area contributed by atoms with Crippen molar-refractivity contribution in [3.05, 3.63) is 65.2 Å². The summed E-state index contributed by atoms with van der Waals surface area (Å²) in [7, 11) is 0. The number of thioether (sulfide) groups is 1. The number of fused-ring (bicyclic) bond motifs is 3. The van der Waals surface area contributed by atoms with E-state index in [1.165, 1.54) is 98.0 Å². The molecule has 1 aliphatic heterocycles. The van der Waals surface area contributed by atoms with Crippen LogP contribution >= 0.6 is 43.6 Å². The third-order valence-corrected chi connectivity index (χ3v) is 9.51. The molecule has 1 aliphatic carbocycles. The van der Waals surface area contributed by atoms with E-state index >= 15 is 0 Å². The average molecular weight is 576 g/mol. The van der Waals surface area contributed by atoms with Gasteiger partial charge in [-0.05, 0) is 66.0 Å². The van der Waals surface area contributed by atoms with Crippen LogP contribution in [0, 0.1) is 0 Å². The molecule has 0 fully saturated rings. The van der Waals surface area contributed by atoms with Crippen LogP contribution in [-0.4, -0.2) is 16.4 Å². The SMILES string of the molecule is BrCCCCCCC1(CCCCCCBr)c2ccccc2-c2ccc(C3=CCCS3)cc21. The molecule has 172 valence electrons. The van der Waals surface area contributed by atoms with Crippen LogP contribution in [0.4, 0.5) is 0 Å². The molecular formula is C29H36Br2S. The molecule has 3 heteroatoms. The van der Waals surface area contributed by atoms with Gasteiger partial charge < -0.3 is 0 Å². The van der Waals surface area contributed by atoms with Crippen molar-refractivity contribution >= 4 is 48.5 Å². The zero-order valence-corrected chi connectivity index (χ0v) is 23.2. The van der Waals surface area contributed by atoms with Crippen molar-refractivity contribution in [1.29, 1.82) is 0 Å². The normalized spacial score (nSPS) is 16.1. The van der Waals surface area contributed by atoms with Gasteiger partial charge in [0.1, 0.15) is 0 Å². The Kier molecular flexibility index (Phi) is 9.43. The number of rotatable bonds is 13. The lowest BCUT2D eigenvalue weighted by Gasteiger charge is -2.33. The van der Waals surface area contributed by atoms with Gasteiger partial charge in [-0.3, -0.25) is 0 Å². The summed E-state index contributed by atoms with van der Waals surface area (Å²) < 4.78 is 0. The Labute approximate surface area is 216 Å². The summed E-state index contributed by atoms with van der Waals surface area (Å²) in [5, 5.41) is 2.26. The number of allylic oxidation sites excluding steroid dienone is 1. The van der Waals surface area contributed by atoms with Crippen LogP contribution < -0.4 is 0 Å². The molecule has 0 saturated carbocycles. The van der Waals surface area contributed by atoms with Gasteiger partial charge in [0, 0.05) is 26.7 Å². The Morgan fingerprint density at radius 3 is 2.03 bits per heavy atom. The zero-order valence-electron chi connectivity index (χ0n) is 19.2. The quantitative estimate of drug-likeness (QED) is 0.169. The van der Waals surface area contributed by atoms with Gasteiger partial charge in [0.2, 0.25) is 0 Å². The highest BCUT2D eigenvalue weighted by Gasteiger charge is 2.42. The van der Waals surface area contributed by atoms with Crippen molar-refractivity contribution in [3.8, 4) is 11.1 Å². The van der Waals surface area contributed by atoms with Crippen molar-refractivity contribution in [1.82, 2.24) is 0 Å². The zero-order chi connectivity index (χ0) is 22.2. The van der Waals surface area contributed by atoms with Gasteiger partial charge in [-0.1, -0.05) is 113 Å². The number of hydrogen-bond acceptors (Lipinski definition) is 1. The summed E-state index contributed by atoms with van der Waals surface area (Å²) in [6.07, 6.45) is 16.8. The molecule has 2 aliphatic rings. The summed E-state index contributed by atoms with van der Waals surface area (Å²) in [6, 6.07) is 16.7. The molecule has 2 aromatic carbocycles. The van der Waals surface area contributed by atoms with Crippen molar-refractivity contribution in [2.24, 2.45) is 0 Å². The van der Waals surface area contributed by atoms with E-state index in [-0.39, 0.29) is 5.41 Å². The lowest BCUT2D eigenvalue weighted by molar-refractivity contribution is 0.401. The molecule has 32 heavy (non-hydrogen) atoms. The molecule has 4 rings (SSSR count). The maximum absolute atomic E-state index is 3.61. The van der Waals surface area contributed by atoms with E-state index in [0.717, 1.165) is 10.7 Å². The summed E-state index contributed by atoms with van der Waals surface area (Å²) in [6.45, 7) is 0. The molecule has 2 aromatic rings. The first-order valence-electron chi connectivity index (χ1n) is 12.5. The first kappa shape index (κ1) is 24.6. The number of halogens is 2. The van der Waals surface area contributed by atoms with Gasteiger partial charge in [-0.2, -0.15) is 0 Å². The maximum atomic E-state index is 3.61. The monoisotopic (exact) mass is 574 g/mol. The van der Waals surface area contributed by atoms with Crippen molar-refractivity contribution in [3.63, 3.8) is 0 Å². The van der Waals surface area contributed by atoms with E-state index in [2.05, 4.69) is 80.4 Å². The predicted octanol–water partition coefficient (Wildman–Crippen LogP) is 10.1. The number of benzene rings is 2. The van der Waals surface area contributed by atoms with E-state index in [9.17, 15) is 0 Å². The molecule has 0 aromatic heterocycles. The molecular weight excluding hydrogens is 540 g/mol. The van der Waals surface area contributed by atoms with Crippen LogP contribution in [-0.2, 0) is 5.41 Å². The van der Waals surface area contributed by atoms with Crippen LogP contribution in [0.15, 0.2) is 48.5 Å². The highest BCUT2D eigenvalue weighted by atomic mass is 79.9. The second kappa shape index (κ2) is 12.3. The number of unbranched alkanes of at least 4 members (excludes halogenated alkanes) is 6. The van der Waals surface area contributed by atoms with Gasteiger partial charge in [-0.15, -0.1) is 11.8 Å². The maximum Gasteiger partial charge on any atom is 0.0215 e. The first-order valence-corrected chi connectivity index (χ1v) is 15.7. The summed E-state index contributed by atoms with van der Waals surface area (Å²) in [4.78, 5) is 1.49. The minimum atomic E-state index is 0.189. The lowest BCUT2D eigenvalue weighted by Crippen LogP contribution is -2.25. The average Bonchev–Trinajstić information content (AvgIpc) is 3.45. The fourth-order valence-electron chi connectivity index (χ4n) is 5.64. The molecule has 0 bridgehead atoms. The number of alkyl halides is 2. The summed E-state index contributed by atoms with van der Waals surface area (Å²) in [5.74, 6) is 1.24. The van der Waals surface area contributed by atoms with E-state index in [1.54, 1.807) is 11.1 Å². The van der Waals surface area contributed by atoms with E-state index in [1.807, 2.05) is 11.8 Å². The van der Waals surface area contributed by atoms with Gasteiger partial charge in [0.15, 0.2) is 0 Å². The Morgan fingerprint density at radius 2 is 1.38 bits per heavy atom. The molecule has 0 nitrogen and oxygen atoms in total. The molecule has 0 atom stereocenters. The Balaban J connectivity index is 1.68. The first-order chi connectivity index (χ1) is 15.8.